The maximum atomic E-state index is 11.7. The first-order valence-corrected chi connectivity index (χ1v) is 6.62. The number of carbonyl (C=O) groups is 1. The summed E-state index contributed by atoms with van der Waals surface area (Å²) in [5, 5.41) is 6.13. The molecule has 1 aromatic carbocycles. The van der Waals surface area contributed by atoms with E-state index in [0.29, 0.717) is 18.5 Å². The van der Waals surface area contributed by atoms with Gasteiger partial charge >= 0.3 is 0 Å². The number of hydrogen-bond donors (Lipinski definition) is 2. The van der Waals surface area contributed by atoms with Crippen molar-refractivity contribution in [3.63, 3.8) is 0 Å². The van der Waals surface area contributed by atoms with Gasteiger partial charge in [-0.25, -0.2) is 0 Å². The predicted molar refractivity (Wildman–Crippen MR) is 76.7 cm³/mol. The minimum absolute atomic E-state index is 0.00834. The molecule has 0 heterocycles. The fourth-order valence-electron chi connectivity index (χ4n) is 1.65. The van der Waals surface area contributed by atoms with Gasteiger partial charge in [-0.15, -0.1) is 0 Å². The van der Waals surface area contributed by atoms with Gasteiger partial charge in [0.05, 0.1) is 6.54 Å². The van der Waals surface area contributed by atoms with E-state index in [2.05, 4.69) is 31.4 Å². The number of aryl methyl sites for hydroxylation is 1. The Morgan fingerprint density at radius 2 is 1.83 bits per heavy atom. The summed E-state index contributed by atoms with van der Waals surface area (Å²) in [5.41, 5.74) is 2.04. The molecule has 1 amide bonds. The average molecular weight is 248 g/mol. The lowest BCUT2D eigenvalue weighted by Gasteiger charge is -2.19. The molecule has 0 aromatic heterocycles. The zero-order valence-corrected chi connectivity index (χ0v) is 11.8. The number of amides is 1. The molecule has 2 unspecified atom stereocenters. The molecule has 2 atom stereocenters. The van der Waals surface area contributed by atoms with Gasteiger partial charge in [0.25, 0.3) is 0 Å². The third-order valence-electron chi connectivity index (χ3n) is 3.42. The lowest BCUT2D eigenvalue weighted by atomic mass is 10.0. The van der Waals surface area contributed by atoms with Crippen molar-refractivity contribution in [2.75, 3.05) is 11.9 Å². The number of hydrogen-bond acceptors (Lipinski definition) is 2. The minimum Gasteiger partial charge on any atom is -0.325 e. The van der Waals surface area contributed by atoms with E-state index in [9.17, 15) is 4.79 Å². The third-order valence-corrected chi connectivity index (χ3v) is 3.42. The van der Waals surface area contributed by atoms with Gasteiger partial charge in [0, 0.05) is 11.7 Å². The maximum Gasteiger partial charge on any atom is 0.238 e. The van der Waals surface area contributed by atoms with Crippen molar-refractivity contribution in [1.82, 2.24) is 5.32 Å². The second kappa shape index (κ2) is 7.17. The summed E-state index contributed by atoms with van der Waals surface area (Å²) in [4.78, 5) is 11.7. The van der Waals surface area contributed by atoms with Crippen LogP contribution in [0, 0.1) is 12.8 Å². The zero-order chi connectivity index (χ0) is 13.5. The Morgan fingerprint density at radius 3 is 2.39 bits per heavy atom. The molecule has 18 heavy (non-hydrogen) atoms. The van der Waals surface area contributed by atoms with Crippen LogP contribution in [0.15, 0.2) is 24.3 Å². The lowest BCUT2D eigenvalue weighted by molar-refractivity contribution is -0.115. The summed E-state index contributed by atoms with van der Waals surface area (Å²) in [6.45, 7) is 8.86. The average Bonchev–Trinajstić information content (AvgIpc) is 2.37. The van der Waals surface area contributed by atoms with E-state index in [0.717, 1.165) is 12.1 Å². The molecule has 0 aliphatic heterocycles. The van der Waals surface area contributed by atoms with Crippen molar-refractivity contribution in [2.45, 2.75) is 40.2 Å². The van der Waals surface area contributed by atoms with Crippen LogP contribution in [-0.4, -0.2) is 18.5 Å². The molecular formula is C15H24N2O. The van der Waals surface area contributed by atoms with E-state index in [1.807, 2.05) is 31.2 Å². The van der Waals surface area contributed by atoms with Crippen LogP contribution in [0.5, 0.6) is 0 Å². The molecule has 0 fully saturated rings. The highest BCUT2D eigenvalue weighted by molar-refractivity contribution is 5.92. The first-order valence-electron chi connectivity index (χ1n) is 6.62. The van der Waals surface area contributed by atoms with E-state index >= 15 is 0 Å². The quantitative estimate of drug-likeness (QED) is 0.812. The fraction of sp³-hybridized carbons (Fsp3) is 0.533. The smallest absolute Gasteiger partial charge is 0.238 e. The van der Waals surface area contributed by atoms with E-state index < -0.39 is 0 Å². The first kappa shape index (κ1) is 14.7. The van der Waals surface area contributed by atoms with Crippen LogP contribution in [-0.2, 0) is 4.79 Å². The second-order valence-electron chi connectivity index (χ2n) is 4.97. The Hall–Kier alpha value is -1.35. The molecule has 0 saturated carbocycles. The van der Waals surface area contributed by atoms with Gasteiger partial charge in [0.2, 0.25) is 5.91 Å². The van der Waals surface area contributed by atoms with E-state index in [1.54, 1.807) is 0 Å². The topological polar surface area (TPSA) is 41.1 Å². The van der Waals surface area contributed by atoms with E-state index in [4.69, 9.17) is 0 Å². The van der Waals surface area contributed by atoms with Crippen LogP contribution < -0.4 is 10.6 Å². The van der Waals surface area contributed by atoms with Crippen LogP contribution in [0.25, 0.3) is 0 Å². The highest BCUT2D eigenvalue weighted by Gasteiger charge is 2.11. The van der Waals surface area contributed by atoms with Gasteiger partial charge in [-0.05, 0) is 31.9 Å². The Morgan fingerprint density at radius 1 is 1.22 bits per heavy atom. The van der Waals surface area contributed by atoms with Gasteiger partial charge in [0.1, 0.15) is 0 Å². The fourth-order valence-corrected chi connectivity index (χ4v) is 1.65. The molecule has 1 aromatic rings. The molecular weight excluding hydrogens is 224 g/mol. The van der Waals surface area contributed by atoms with Crippen LogP contribution in [0.4, 0.5) is 5.69 Å². The molecule has 3 heteroatoms. The normalized spacial score (nSPS) is 14.0. The van der Waals surface area contributed by atoms with Crippen molar-refractivity contribution in [3.05, 3.63) is 29.8 Å². The highest BCUT2D eigenvalue weighted by atomic mass is 16.1. The molecule has 0 bridgehead atoms. The van der Waals surface area contributed by atoms with Crippen LogP contribution in [0.2, 0.25) is 0 Å². The minimum atomic E-state index is 0.00834. The van der Waals surface area contributed by atoms with Gasteiger partial charge in [-0.1, -0.05) is 38.0 Å². The molecule has 0 aliphatic rings. The molecule has 3 nitrogen and oxygen atoms in total. The van der Waals surface area contributed by atoms with Gasteiger partial charge in [-0.2, -0.15) is 0 Å². The van der Waals surface area contributed by atoms with Gasteiger partial charge in [-0.3, -0.25) is 4.79 Å². The number of nitrogens with one attached hydrogen (secondary N) is 2. The van der Waals surface area contributed by atoms with Gasteiger partial charge in [0.15, 0.2) is 0 Å². The Bertz CT molecular complexity index is 373. The number of carbonyl (C=O) groups excluding carboxylic acids is 1. The molecule has 0 spiro atoms. The van der Waals surface area contributed by atoms with Crippen LogP contribution in [0.1, 0.15) is 32.8 Å². The molecule has 0 aliphatic carbocycles. The molecule has 1 rings (SSSR count). The Kier molecular flexibility index (Phi) is 5.86. The van der Waals surface area contributed by atoms with Crippen LogP contribution in [0.3, 0.4) is 0 Å². The summed E-state index contributed by atoms with van der Waals surface area (Å²) in [7, 11) is 0. The molecule has 100 valence electrons. The molecule has 0 saturated heterocycles. The summed E-state index contributed by atoms with van der Waals surface area (Å²) in [6, 6.07) is 8.19. The Labute approximate surface area is 110 Å². The zero-order valence-electron chi connectivity index (χ0n) is 11.8. The van der Waals surface area contributed by atoms with Gasteiger partial charge < -0.3 is 10.6 Å². The lowest BCUT2D eigenvalue weighted by Crippen LogP contribution is -2.37. The van der Waals surface area contributed by atoms with Crippen molar-refractivity contribution < 1.29 is 4.79 Å². The monoisotopic (exact) mass is 248 g/mol. The number of benzene rings is 1. The summed E-state index contributed by atoms with van der Waals surface area (Å²) >= 11 is 0. The number of anilines is 1. The SMILES string of the molecule is CCC(C)C(C)NCC(=O)Nc1ccc(C)cc1. The maximum absolute atomic E-state index is 11.7. The predicted octanol–water partition coefficient (Wildman–Crippen LogP) is 2.96. The number of rotatable bonds is 6. The Balaban J connectivity index is 2.36. The van der Waals surface area contributed by atoms with Crippen molar-refractivity contribution in [3.8, 4) is 0 Å². The van der Waals surface area contributed by atoms with Crippen LogP contribution >= 0.6 is 0 Å². The summed E-state index contributed by atoms with van der Waals surface area (Å²) < 4.78 is 0. The van der Waals surface area contributed by atoms with E-state index in [1.165, 1.54) is 5.56 Å². The van der Waals surface area contributed by atoms with Crippen molar-refractivity contribution in [1.29, 1.82) is 0 Å². The van der Waals surface area contributed by atoms with E-state index in [-0.39, 0.29) is 5.91 Å². The second-order valence-corrected chi connectivity index (χ2v) is 4.97. The standard InChI is InChI=1S/C15H24N2O/c1-5-12(3)13(4)16-10-15(18)17-14-8-6-11(2)7-9-14/h6-9,12-13,16H,5,10H2,1-4H3,(H,17,18). The third kappa shape index (κ3) is 4.88. The summed E-state index contributed by atoms with van der Waals surface area (Å²) in [6.07, 6.45) is 1.12. The molecule has 2 N–H and O–H groups in total. The first-order chi connectivity index (χ1) is 8.52. The largest absolute Gasteiger partial charge is 0.325 e. The van der Waals surface area contributed by atoms with Crippen molar-refractivity contribution >= 4 is 11.6 Å². The summed E-state index contributed by atoms with van der Waals surface area (Å²) in [5.74, 6) is 0.589. The highest BCUT2D eigenvalue weighted by Crippen LogP contribution is 2.09. The van der Waals surface area contributed by atoms with Crippen molar-refractivity contribution in [2.24, 2.45) is 5.92 Å². The molecule has 0 radical (unpaired) electrons.